The van der Waals surface area contributed by atoms with Gasteiger partial charge in [-0.15, -0.1) is 0 Å². The second-order valence-electron chi connectivity index (χ2n) is 9.07. The molecule has 0 spiro atoms. The number of benzene rings is 2. The maximum Gasteiger partial charge on any atom is 0.242 e. The number of hydrogen-bond acceptors (Lipinski definition) is 2. The Morgan fingerprint density at radius 2 is 1.47 bits per heavy atom. The Morgan fingerprint density at radius 3 is 2.09 bits per heavy atom. The first-order valence-electron chi connectivity index (χ1n) is 12.3. The van der Waals surface area contributed by atoms with E-state index in [9.17, 15) is 9.59 Å². The van der Waals surface area contributed by atoms with Crippen LogP contribution in [0.5, 0.6) is 0 Å². The number of hydrogen-bond donors (Lipinski definition) is 0. The molecule has 0 saturated carbocycles. The van der Waals surface area contributed by atoms with Crippen LogP contribution in [-0.4, -0.2) is 38.8 Å². The van der Waals surface area contributed by atoms with Crippen molar-refractivity contribution in [2.45, 2.75) is 65.7 Å². The van der Waals surface area contributed by atoms with Crippen molar-refractivity contribution in [3.8, 4) is 0 Å². The minimum absolute atomic E-state index is 0.0196. The molecule has 5 heteroatoms. The van der Waals surface area contributed by atoms with Gasteiger partial charge in [0.2, 0.25) is 11.8 Å². The van der Waals surface area contributed by atoms with Gasteiger partial charge in [-0.2, -0.15) is 0 Å². The second-order valence-corrected chi connectivity index (χ2v) is 9.07. The van der Waals surface area contributed by atoms with E-state index in [1.807, 2.05) is 73.3 Å². The van der Waals surface area contributed by atoms with Crippen LogP contribution in [0.4, 0.5) is 0 Å². The molecule has 0 unspecified atom stereocenters. The van der Waals surface area contributed by atoms with Crippen LogP contribution >= 0.6 is 0 Å². The van der Waals surface area contributed by atoms with E-state index in [4.69, 9.17) is 0 Å². The molecule has 34 heavy (non-hydrogen) atoms. The number of carbonyl (C=O) groups excluding carboxylic acids is 2. The molecule has 0 aliphatic rings. The third-order valence-corrected chi connectivity index (χ3v) is 6.03. The molecule has 3 aromatic rings. The summed E-state index contributed by atoms with van der Waals surface area (Å²) in [6, 6.07) is 24.4. The van der Waals surface area contributed by atoms with E-state index in [-0.39, 0.29) is 24.4 Å². The molecule has 1 aromatic heterocycles. The van der Waals surface area contributed by atoms with Crippen LogP contribution < -0.4 is 0 Å². The third-order valence-electron chi connectivity index (χ3n) is 6.03. The number of carbonyl (C=O) groups is 2. The molecular formula is C29H37N3O2. The lowest BCUT2D eigenvalue weighted by atomic mass is 10.2. The van der Waals surface area contributed by atoms with Crippen molar-refractivity contribution < 1.29 is 9.59 Å². The van der Waals surface area contributed by atoms with E-state index < -0.39 is 0 Å². The van der Waals surface area contributed by atoms with Crippen molar-refractivity contribution >= 4 is 11.8 Å². The summed E-state index contributed by atoms with van der Waals surface area (Å²) in [4.78, 5) is 29.9. The van der Waals surface area contributed by atoms with Crippen LogP contribution in [0.2, 0.25) is 0 Å². The quantitative estimate of drug-likeness (QED) is 0.359. The summed E-state index contributed by atoms with van der Waals surface area (Å²) >= 11 is 0. The molecule has 0 N–H and O–H groups in total. The SMILES string of the molecule is CCCCC(=O)N(CC(=O)N(Cc1ccccc1)Cc1cccn1Cc1ccccc1)C(C)C. The van der Waals surface area contributed by atoms with E-state index in [1.165, 1.54) is 5.56 Å². The maximum absolute atomic E-state index is 13.6. The highest BCUT2D eigenvalue weighted by atomic mass is 16.2. The van der Waals surface area contributed by atoms with Gasteiger partial charge in [0.15, 0.2) is 0 Å². The Bertz CT molecular complexity index is 1030. The molecule has 5 nitrogen and oxygen atoms in total. The highest BCUT2D eigenvalue weighted by Gasteiger charge is 2.24. The van der Waals surface area contributed by atoms with Crippen LogP contribution in [0.3, 0.4) is 0 Å². The van der Waals surface area contributed by atoms with Gasteiger partial charge >= 0.3 is 0 Å². The van der Waals surface area contributed by atoms with E-state index in [2.05, 4.69) is 35.9 Å². The number of rotatable bonds is 12. The minimum Gasteiger partial charge on any atom is -0.345 e. The van der Waals surface area contributed by atoms with Gasteiger partial charge < -0.3 is 14.4 Å². The molecule has 180 valence electrons. The molecular weight excluding hydrogens is 422 g/mol. The summed E-state index contributed by atoms with van der Waals surface area (Å²) in [5, 5.41) is 0. The molecule has 0 fully saturated rings. The van der Waals surface area contributed by atoms with Crippen LogP contribution in [-0.2, 0) is 29.2 Å². The predicted molar refractivity (Wildman–Crippen MR) is 137 cm³/mol. The Labute approximate surface area is 204 Å². The minimum atomic E-state index is -0.0325. The van der Waals surface area contributed by atoms with Crippen molar-refractivity contribution in [1.82, 2.24) is 14.4 Å². The molecule has 2 amide bonds. The first kappa shape index (κ1) is 25.3. The first-order chi connectivity index (χ1) is 16.5. The zero-order valence-electron chi connectivity index (χ0n) is 20.7. The molecule has 0 radical (unpaired) electrons. The second kappa shape index (κ2) is 12.8. The smallest absolute Gasteiger partial charge is 0.242 e. The standard InChI is InChI=1S/C29H37N3O2/c1-4-5-18-28(33)32(24(2)3)23-29(34)31(21-26-15-10-7-11-16-26)22-27-17-12-19-30(27)20-25-13-8-6-9-14-25/h6-17,19,24H,4-5,18,20-23H2,1-3H3. The highest BCUT2D eigenvalue weighted by Crippen LogP contribution is 2.15. The maximum atomic E-state index is 13.6. The topological polar surface area (TPSA) is 45.6 Å². The number of aromatic nitrogens is 1. The van der Waals surface area contributed by atoms with Crippen LogP contribution in [0.15, 0.2) is 79.0 Å². The fourth-order valence-corrected chi connectivity index (χ4v) is 4.04. The van der Waals surface area contributed by atoms with E-state index >= 15 is 0 Å². The fourth-order valence-electron chi connectivity index (χ4n) is 4.04. The molecule has 0 aliphatic heterocycles. The average molecular weight is 460 g/mol. The molecule has 2 aromatic carbocycles. The van der Waals surface area contributed by atoms with Gasteiger partial charge in [-0.3, -0.25) is 9.59 Å². The first-order valence-corrected chi connectivity index (χ1v) is 12.3. The molecule has 3 rings (SSSR count). The lowest BCUT2D eigenvalue weighted by Crippen LogP contribution is -2.45. The molecule has 0 atom stereocenters. The van der Waals surface area contributed by atoms with Crippen molar-refractivity contribution in [2.75, 3.05) is 6.54 Å². The normalized spacial score (nSPS) is 10.9. The lowest BCUT2D eigenvalue weighted by molar-refractivity contribution is -0.142. The highest BCUT2D eigenvalue weighted by molar-refractivity contribution is 5.85. The Kier molecular flexibility index (Phi) is 9.51. The van der Waals surface area contributed by atoms with Crippen molar-refractivity contribution in [3.63, 3.8) is 0 Å². The van der Waals surface area contributed by atoms with Gasteiger partial charge in [0, 0.05) is 37.4 Å². The summed E-state index contributed by atoms with van der Waals surface area (Å²) < 4.78 is 2.19. The predicted octanol–water partition coefficient (Wildman–Crippen LogP) is 5.49. The average Bonchev–Trinajstić information content (AvgIpc) is 3.27. The van der Waals surface area contributed by atoms with Gasteiger partial charge in [0.05, 0.1) is 13.1 Å². The van der Waals surface area contributed by atoms with Crippen molar-refractivity contribution in [1.29, 1.82) is 0 Å². The number of nitrogens with zero attached hydrogens (tertiary/aromatic N) is 3. The van der Waals surface area contributed by atoms with E-state index in [1.54, 1.807) is 4.90 Å². The zero-order chi connectivity index (χ0) is 24.3. The van der Waals surface area contributed by atoms with Gasteiger partial charge in [-0.1, -0.05) is 74.0 Å². The monoisotopic (exact) mass is 459 g/mol. The Morgan fingerprint density at radius 1 is 0.824 bits per heavy atom. The van der Waals surface area contributed by atoms with Crippen LogP contribution in [0.1, 0.15) is 56.9 Å². The van der Waals surface area contributed by atoms with Crippen LogP contribution in [0.25, 0.3) is 0 Å². The summed E-state index contributed by atoms with van der Waals surface area (Å²) in [5.41, 5.74) is 3.36. The Hall–Kier alpha value is -3.34. The lowest BCUT2D eigenvalue weighted by Gasteiger charge is -2.30. The van der Waals surface area contributed by atoms with Crippen molar-refractivity contribution in [3.05, 3.63) is 95.8 Å². The summed E-state index contributed by atoms with van der Waals surface area (Å²) in [5.74, 6) is 0.0205. The van der Waals surface area contributed by atoms with Gasteiger partial charge in [-0.25, -0.2) is 0 Å². The summed E-state index contributed by atoms with van der Waals surface area (Å²) in [7, 11) is 0. The molecule has 0 bridgehead atoms. The van der Waals surface area contributed by atoms with E-state index in [0.717, 1.165) is 30.6 Å². The number of unbranched alkanes of at least 4 members (excludes halogenated alkanes) is 1. The number of amides is 2. The fraction of sp³-hybridized carbons (Fsp3) is 0.379. The zero-order valence-corrected chi connectivity index (χ0v) is 20.7. The largest absolute Gasteiger partial charge is 0.345 e. The summed E-state index contributed by atoms with van der Waals surface area (Å²) in [6.07, 6.45) is 4.35. The molecule has 0 saturated heterocycles. The Balaban J connectivity index is 1.79. The van der Waals surface area contributed by atoms with Gasteiger partial charge in [-0.05, 0) is 43.5 Å². The third kappa shape index (κ3) is 7.34. The van der Waals surface area contributed by atoms with Crippen LogP contribution in [0, 0.1) is 0 Å². The van der Waals surface area contributed by atoms with Gasteiger partial charge in [0.25, 0.3) is 0 Å². The molecule has 0 aliphatic carbocycles. The van der Waals surface area contributed by atoms with Gasteiger partial charge in [0.1, 0.15) is 0 Å². The van der Waals surface area contributed by atoms with Crippen molar-refractivity contribution in [2.24, 2.45) is 0 Å². The van der Waals surface area contributed by atoms with E-state index in [0.29, 0.717) is 19.5 Å². The summed E-state index contributed by atoms with van der Waals surface area (Å²) in [6.45, 7) is 7.88. The molecule has 1 heterocycles.